The highest BCUT2D eigenvalue weighted by Gasteiger charge is 2.00. The van der Waals surface area contributed by atoms with Gasteiger partial charge in [-0.05, 0) is 55.9 Å². The Bertz CT molecular complexity index is 619. The Morgan fingerprint density at radius 1 is 1.22 bits per heavy atom. The van der Waals surface area contributed by atoms with Crippen LogP contribution in [0.1, 0.15) is 25.2 Å². The van der Waals surface area contributed by atoms with Crippen molar-refractivity contribution >= 4 is 29.2 Å². The molecule has 0 atom stereocenters. The van der Waals surface area contributed by atoms with Crippen LogP contribution >= 0.6 is 12.2 Å². The Labute approximate surface area is 142 Å². The van der Waals surface area contributed by atoms with Gasteiger partial charge >= 0.3 is 0 Å². The van der Waals surface area contributed by atoms with Gasteiger partial charge in [0.2, 0.25) is 0 Å². The average molecular weight is 330 g/mol. The Morgan fingerprint density at radius 2 is 1.96 bits per heavy atom. The molecule has 23 heavy (non-hydrogen) atoms. The first kappa shape index (κ1) is 17.0. The number of nitrogens with zero attached hydrogens (tertiary/aromatic N) is 2. The van der Waals surface area contributed by atoms with E-state index in [1.165, 1.54) is 5.69 Å². The number of benzene rings is 1. The molecule has 0 aliphatic carbocycles. The second kappa shape index (κ2) is 8.95. The van der Waals surface area contributed by atoms with E-state index in [-0.39, 0.29) is 0 Å². The number of thiocarbonyl (C=S) groups is 1. The third-order valence-corrected chi connectivity index (χ3v) is 3.64. The highest BCUT2D eigenvalue weighted by molar-refractivity contribution is 7.80. The summed E-state index contributed by atoms with van der Waals surface area (Å²) in [7, 11) is 0. The average Bonchev–Trinajstić information content (AvgIpc) is 3.09. The van der Waals surface area contributed by atoms with Crippen molar-refractivity contribution in [2.45, 2.75) is 20.4 Å². The molecule has 0 saturated carbocycles. The van der Waals surface area contributed by atoms with Gasteiger partial charge in [0.25, 0.3) is 0 Å². The molecule has 0 fully saturated rings. The highest BCUT2D eigenvalue weighted by atomic mass is 32.1. The van der Waals surface area contributed by atoms with Crippen molar-refractivity contribution in [3.8, 4) is 0 Å². The summed E-state index contributed by atoms with van der Waals surface area (Å²) in [5.41, 5.74) is 5.03. The van der Waals surface area contributed by atoms with Crippen molar-refractivity contribution in [3.05, 3.63) is 54.0 Å². The third-order valence-electron chi connectivity index (χ3n) is 3.40. The van der Waals surface area contributed by atoms with Gasteiger partial charge in [-0.25, -0.2) is 0 Å². The standard InChI is InChI=1S/C17H22N4OS/c1-3-21(4-2)15-9-7-14(8-10-15)12-19-20-17(23)18-13-16-6-5-11-22-16/h5-12H,3-4,13H2,1-2H3,(H2,18,20,23)/b19-12+. The fourth-order valence-electron chi connectivity index (χ4n) is 2.15. The van der Waals surface area contributed by atoms with Crippen molar-refractivity contribution in [2.24, 2.45) is 5.10 Å². The minimum Gasteiger partial charge on any atom is -0.467 e. The quantitative estimate of drug-likeness (QED) is 0.464. The molecule has 0 aliphatic rings. The maximum atomic E-state index is 5.21. The zero-order valence-electron chi connectivity index (χ0n) is 13.5. The maximum absolute atomic E-state index is 5.21. The minimum absolute atomic E-state index is 0.456. The van der Waals surface area contributed by atoms with E-state index in [4.69, 9.17) is 16.6 Å². The molecule has 0 spiro atoms. The molecular formula is C17H22N4OS. The number of furan rings is 1. The Morgan fingerprint density at radius 3 is 2.57 bits per heavy atom. The van der Waals surface area contributed by atoms with Crippen molar-refractivity contribution in [2.75, 3.05) is 18.0 Å². The molecule has 2 N–H and O–H groups in total. The molecule has 0 unspecified atom stereocenters. The Balaban J connectivity index is 1.79. The van der Waals surface area contributed by atoms with Crippen LogP contribution in [0, 0.1) is 0 Å². The van der Waals surface area contributed by atoms with Gasteiger partial charge in [0.05, 0.1) is 19.0 Å². The number of nitrogens with one attached hydrogen (secondary N) is 2. The molecule has 1 aromatic carbocycles. The van der Waals surface area contributed by atoms with Gasteiger partial charge in [0, 0.05) is 18.8 Å². The lowest BCUT2D eigenvalue weighted by Gasteiger charge is -2.20. The van der Waals surface area contributed by atoms with E-state index >= 15 is 0 Å². The zero-order valence-corrected chi connectivity index (χ0v) is 14.3. The van der Waals surface area contributed by atoms with Crippen LogP contribution in [0.2, 0.25) is 0 Å². The molecule has 2 rings (SSSR count). The fourth-order valence-corrected chi connectivity index (χ4v) is 2.27. The lowest BCUT2D eigenvalue weighted by molar-refractivity contribution is 0.502. The molecule has 6 heteroatoms. The summed E-state index contributed by atoms with van der Waals surface area (Å²) < 4.78 is 5.21. The topological polar surface area (TPSA) is 52.8 Å². The lowest BCUT2D eigenvalue weighted by Crippen LogP contribution is -2.31. The first-order valence-electron chi connectivity index (χ1n) is 7.67. The van der Waals surface area contributed by atoms with Crippen LogP contribution in [0.15, 0.2) is 52.2 Å². The molecular weight excluding hydrogens is 308 g/mol. The predicted octanol–water partition coefficient (Wildman–Crippen LogP) is 3.12. The number of hydrazone groups is 1. The zero-order chi connectivity index (χ0) is 16.5. The number of anilines is 1. The molecule has 0 radical (unpaired) electrons. The van der Waals surface area contributed by atoms with Crippen LogP contribution in [0.4, 0.5) is 5.69 Å². The van der Waals surface area contributed by atoms with Crippen LogP contribution in [0.5, 0.6) is 0 Å². The van der Waals surface area contributed by atoms with Gasteiger partial charge in [0.15, 0.2) is 5.11 Å². The molecule has 122 valence electrons. The lowest BCUT2D eigenvalue weighted by atomic mass is 10.2. The van der Waals surface area contributed by atoms with Crippen LogP contribution in [0.25, 0.3) is 0 Å². The normalized spacial score (nSPS) is 10.7. The summed E-state index contributed by atoms with van der Waals surface area (Å²) in [5, 5.41) is 7.61. The summed E-state index contributed by atoms with van der Waals surface area (Å²) in [6.45, 7) is 6.84. The summed E-state index contributed by atoms with van der Waals surface area (Å²) in [4.78, 5) is 2.30. The Hall–Kier alpha value is -2.34. The van der Waals surface area contributed by atoms with Gasteiger partial charge in [-0.15, -0.1) is 0 Å². The molecule has 0 saturated heterocycles. The monoisotopic (exact) mass is 330 g/mol. The van der Waals surface area contributed by atoms with E-state index in [1.54, 1.807) is 12.5 Å². The largest absolute Gasteiger partial charge is 0.467 e. The number of hydrogen-bond donors (Lipinski definition) is 2. The van der Waals surface area contributed by atoms with Crippen molar-refractivity contribution in [1.29, 1.82) is 0 Å². The van der Waals surface area contributed by atoms with Crippen molar-refractivity contribution in [3.63, 3.8) is 0 Å². The van der Waals surface area contributed by atoms with E-state index in [2.05, 4.69) is 46.7 Å². The first-order chi connectivity index (χ1) is 11.2. The maximum Gasteiger partial charge on any atom is 0.187 e. The van der Waals surface area contributed by atoms with Crippen LogP contribution in [-0.2, 0) is 6.54 Å². The first-order valence-corrected chi connectivity index (χ1v) is 8.08. The molecule has 0 bridgehead atoms. The number of hydrogen-bond acceptors (Lipinski definition) is 4. The van der Waals surface area contributed by atoms with Crippen molar-refractivity contribution in [1.82, 2.24) is 10.7 Å². The number of rotatable bonds is 7. The van der Waals surface area contributed by atoms with Crippen LogP contribution in [-0.4, -0.2) is 24.4 Å². The predicted molar refractivity (Wildman–Crippen MR) is 98.9 cm³/mol. The molecule has 0 amide bonds. The van der Waals surface area contributed by atoms with E-state index < -0.39 is 0 Å². The third kappa shape index (κ3) is 5.41. The van der Waals surface area contributed by atoms with Crippen molar-refractivity contribution < 1.29 is 4.42 Å². The summed E-state index contributed by atoms with van der Waals surface area (Å²) in [6, 6.07) is 12.0. The van der Waals surface area contributed by atoms with E-state index in [1.807, 2.05) is 24.3 Å². The fraction of sp³-hybridized carbons (Fsp3) is 0.294. The van der Waals surface area contributed by atoms with E-state index in [9.17, 15) is 0 Å². The second-order valence-electron chi connectivity index (χ2n) is 4.90. The summed E-state index contributed by atoms with van der Waals surface area (Å²) >= 11 is 5.14. The molecule has 2 aromatic rings. The molecule has 0 aliphatic heterocycles. The van der Waals surface area contributed by atoms with Gasteiger partial charge in [-0.3, -0.25) is 5.43 Å². The summed E-state index contributed by atoms with van der Waals surface area (Å²) in [6.07, 6.45) is 3.38. The van der Waals surface area contributed by atoms with Gasteiger partial charge < -0.3 is 14.6 Å². The summed E-state index contributed by atoms with van der Waals surface area (Å²) in [5.74, 6) is 0.824. The van der Waals surface area contributed by atoms with E-state index in [0.29, 0.717) is 11.7 Å². The Kier molecular flexibility index (Phi) is 6.62. The van der Waals surface area contributed by atoms with Gasteiger partial charge in [0.1, 0.15) is 5.76 Å². The van der Waals surface area contributed by atoms with Crippen LogP contribution < -0.4 is 15.6 Å². The minimum atomic E-state index is 0.456. The molecule has 1 heterocycles. The molecule has 1 aromatic heterocycles. The molecule has 5 nitrogen and oxygen atoms in total. The van der Waals surface area contributed by atoms with Gasteiger partial charge in [-0.2, -0.15) is 5.10 Å². The second-order valence-corrected chi connectivity index (χ2v) is 5.30. The van der Waals surface area contributed by atoms with Crippen LogP contribution in [0.3, 0.4) is 0 Å². The van der Waals surface area contributed by atoms with Gasteiger partial charge in [-0.1, -0.05) is 12.1 Å². The highest BCUT2D eigenvalue weighted by Crippen LogP contribution is 2.13. The smallest absolute Gasteiger partial charge is 0.187 e. The SMILES string of the molecule is CCN(CC)c1ccc(/C=N/NC(=S)NCc2ccco2)cc1. The van der Waals surface area contributed by atoms with E-state index in [0.717, 1.165) is 24.4 Å².